The largest absolute Gasteiger partial charge is 0.437 e. The van der Waals surface area contributed by atoms with E-state index in [1.807, 2.05) is 0 Å². The number of benzene rings is 1. The normalized spacial score (nSPS) is 11.5. The van der Waals surface area contributed by atoms with E-state index in [1.54, 1.807) is 6.20 Å². The zero-order valence-electron chi connectivity index (χ0n) is 12.2. The molecule has 0 radical (unpaired) electrons. The van der Waals surface area contributed by atoms with Crippen LogP contribution in [0.1, 0.15) is 26.5 Å². The quantitative estimate of drug-likeness (QED) is 0.929. The standard InChI is InChI=1S/C15H17ClFN3O/c1-15(2,3)19-8-10-7-18-9-14(20-10)21-11-4-5-13(17)12(16)6-11/h4-7,9,19H,8H2,1-3H3. The maximum Gasteiger partial charge on any atom is 0.238 e. The van der Waals surface area contributed by atoms with Crippen molar-refractivity contribution in [3.63, 3.8) is 0 Å². The van der Waals surface area contributed by atoms with Crippen LogP contribution >= 0.6 is 11.6 Å². The molecule has 0 unspecified atom stereocenters. The highest BCUT2D eigenvalue weighted by atomic mass is 35.5. The Morgan fingerprint density at radius 2 is 2.05 bits per heavy atom. The number of nitrogens with one attached hydrogen (secondary N) is 1. The molecule has 2 aromatic rings. The van der Waals surface area contributed by atoms with Crippen LogP contribution in [0.4, 0.5) is 4.39 Å². The summed E-state index contributed by atoms with van der Waals surface area (Å²) in [6.07, 6.45) is 3.17. The van der Waals surface area contributed by atoms with Crippen molar-refractivity contribution in [2.24, 2.45) is 0 Å². The molecule has 1 aromatic carbocycles. The minimum Gasteiger partial charge on any atom is -0.437 e. The van der Waals surface area contributed by atoms with Crippen LogP contribution in [0.5, 0.6) is 11.6 Å². The van der Waals surface area contributed by atoms with E-state index < -0.39 is 5.82 Å². The second-order valence-corrected chi connectivity index (χ2v) is 6.04. The van der Waals surface area contributed by atoms with Crippen LogP contribution in [0.15, 0.2) is 30.6 Å². The molecule has 4 nitrogen and oxygen atoms in total. The van der Waals surface area contributed by atoms with Crippen molar-refractivity contribution in [3.8, 4) is 11.6 Å². The summed E-state index contributed by atoms with van der Waals surface area (Å²) >= 11 is 5.71. The molecule has 6 heteroatoms. The Labute approximate surface area is 128 Å². The van der Waals surface area contributed by atoms with Crippen molar-refractivity contribution in [2.45, 2.75) is 32.9 Å². The molecule has 0 saturated heterocycles. The molecular weight excluding hydrogens is 293 g/mol. The minimum absolute atomic E-state index is 0.00557. The van der Waals surface area contributed by atoms with Gasteiger partial charge in [0.05, 0.1) is 16.9 Å². The van der Waals surface area contributed by atoms with Crippen LogP contribution in [0, 0.1) is 5.82 Å². The summed E-state index contributed by atoms with van der Waals surface area (Å²) < 4.78 is 18.6. The third-order valence-corrected chi connectivity index (χ3v) is 2.87. The number of hydrogen-bond acceptors (Lipinski definition) is 4. The van der Waals surface area contributed by atoms with Crippen LogP contribution in [0.3, 0.4) is 0 Å². The summed E-state index contributed by atoms with van der Waals surface area (Å²) in [5.74, 6) is 0.265. The van der Waals surface area contributed by atoms with Gasteiger partial charge in [-0.2, -0.15) is 0 Å². The lowest BCUT2D eigenvalue weighted by Gasteiger charge is -2.20. The Balaban J connectivity index is 2.08. The summed E-state index contributed by atoms with van der Waals surface area (Å²) in [5, 5.41) is 3.32. The summed E-state index contributed by atoms with van der Waals surface area (Å²) in [6, 6.07) is 4.14. The van der Waals surface area contributed by atoms with Gasteiger partial charge in [0, 0.05) is 24.3 Å². The first-order chi connectivity index (χ1) is 9.83. The first-order valence-corrected chi connectivity index (χ1v) is 6.90. The predicted octanol–water partition coefficient (Wildman–Crippen LogP) is 3.95. The van der Waals surface area contributed by atoms with E-state index in [9.17, 15) is 4.39 Å². The Morgan fingerprint density at radius 1 is 1.29 bits per heavy atom. The second-order valence-electron chi connectivity index (χ2n) is 5.63. The molecule has 0 aliphatic carbocycles. The lowest BCUT2D eigenvalue weighted by atomic mass is 10.1. The van der Waals surface area contributed by atoms with E-state index in [2.05, 4.69) is 36.1 Å². The van der Waals surface area contributed by atoms with Gasteiger partial charge in [0.2, 0.25) is 5.88 Å². The Morgan fingerprint density at radius 3 is 2.71 bits per heavy atom. The van der Waals surface area contributed by atoms with E-state index in [0.29, 0.717) is 18.2 Å². The molecule has 0 spiro atoms. The Kier molecular flexibility index (Phi) is 4.75. The first-order valence-electron chi connectivity index (χ1n) is 6.52. The number of hydrogen-bond donors (Lipinski definition) is 1. The molecule has 0 amide bonds. The molecule has 0 fully saturated rings. The molecule has 0 atom stereocenters. The minimum atomic E-state index is -0.488. The third-order valence-electron chi connectivity index (χ3n) is 2.58. The van der Waals surface area contributed by atoms with Gasteiger partial charge < -0.3 is 10.1 Å². The lowest BCUT2D eigenvalue weighted by molar-refractivity contribution is 0.414. The molecule has 2 rings (SSSR count). The predicted molar refractivity (Wildman–Crippen MR) is 80.1 cm³/mol. The summed E-state index contributed by atoms with van der Waals surface area (Å²) in [5.41, 5.74) is 0.749. The van der Waals surface area contributed by atoms with Crippen molar-refractivity contribution in [2.75, 3.05) is 0 Å². The van der Waals surface area contributed by atoms with Crippen LogP contribution in [0.25, 0.3) is 0 Å². The van der Waals surface area contributed by atoms with E-state index >= 15 is 0 Å². The van der Waals surface area contributed by atoms with Crippen LogP contribution < -0.4 is 10.1 Å². The van der Waals surface area contributed by atoms with Gasteiger partial charge in [-0.05, 0) is 32.9 Å². The molecule has 0 bridgehead atoms. The van der Waals surface area contributed by atoms with E-state index in [4.69, 9.17) is 16.3 Å². The first kappa shape index (κ1) is 15.7. The fourth-order valence-corrected chi connectivity index (χ4v) is 1.71. The maximum absolute atomic E-state index is 13.1. The topological polar surface area (TPSA) is 47.0 Å². The van der Waals surface area contributed by atoms with Crippen molar-refractivity contribution >= 4 is 11.6 Å². The molecular formula is C15H17ClFN3O. The number of halogens is 2. The monoisotopic (exact) mass is 309 g/mol. The van der Waals surface area contributed by atoms with E-state index in [-0.39, 0.29) is 10.6 Å². The van der Waals surface area contributed by atoms with Gasteiger partial charge in [-0.25, -0.2) is 9.37 Å². The fraction of sp³-hybridized carbons (Fsp3) is 0.333. The van der Waals surface area contributed by atoms with Crippen LogP contribution in [-0.4, -0.2) is 15.5 Å². The van der Waals surface area contributed by atoms with Gasteiger partial charge in [0.25, 0.3) is 0 Å². The zero-order valence-corrected chi connectivity index (χ0v) is 12.9. The number of aromatic nitrogens is 2. The molecule has 0 aliphatic rings. The van der Waals surface area contributed by atoms with Gasteiger partial charge in [0.1, 0.15) is 11.6 Å². The molecule has 0 saturated carbocycles. The third kappa shape index (κ3) is 4.95. The summed E-state index contributed by atoms with van der Waals surface area (Å²) in [6.45, 7) is 6.79. The molecule has 21 heavy (non-hydrogen) atoms. The summed E-state index contributed by atoms with van der Waals surface area (Å²) in [7, 11) is 0. The molecule has 1 N–H and O–H groups in total. The van der Waals surface area contributed by atoms with Crippen molar-refractivity contribution in [3.05, 3.63) is 47.1 Å². The fourth-order valence-electron chi connectivity index (χ4n) is 1.54. The maximum atomic E-state index is 13.1. The van der Waals surface area contributed by atoms with Crippen LogP contribution in [0.2, 0.25) is 5.02 Å². The molecule has 112 valence electrons. The van der Waals surface area contributed by atoms with Gasteiger partial charge >= 0.3 is 0 Å². The Hall–Kier alpha value is -1.72. The molecule has 1 heterocycles. The average Bonchev–Trinajstić information content (AvgIpc) is 2.40. The molecule has 0 aliphatic heterocycles. The number of rotatable bonds is 4. The Bertz CT molecular complexity index is 629. The van der Waals surface area contributed by atoms with Crippen molar-refractivity contribution in [1.82, 2.24) is 15.3 Å². The van der Waals surface area contributed by atoms with E-state index in [1.165, 1.54) is 24.4 Å². The average molecular weight is 310 g/mol. The van der Waals surface area contributed by atoms with Crippen molar-refractivity contribution in [1.29, 1.82) is 0 Å². The molecule has 1 aromatic heterocycles. The number of ether oxygens (including phenoxy) is 1. The van der Waals surface area contributed by atoms with Crippen molar-refractivity contribution < 1.29 is 9.13 Å². The SMILES string of the molecule is CC(C)(C)NCc1cncc(Oc2ccc(F)c(Cl)c2)n1. The van der Waals surface area contributed by atoms with E-state index in [0.717, 1.165) is 5.69 Å². The number of nitrogens with zero attached hydrogens (tertiary/aromatic N) is 2. The van der Waals surface area contributed by atoms with Gasteiger partial charge in [0.15, 0.2) is 0 Å². The summed E-state index contributed by atoms with van der Waals surface area (Å²) in [4.78, 5) is 8.43. The van der Waals surface area contributed by atoms with Gasteiger partial charge in [-0.3, -0.25) is 4.98 Å². The highest BCUT2D eigenvalue weighted by molar-refractivity contribution is 6.30. The zero-order chi connectivity index (χ0) is 15.5. The van der Waals surface area contributed by atoms with Gasteiger partial charge in [-0.15, -0.1) is 0 Å². The second kappa shape index (κ2) is 6.37. The van der Waals surface area contributed by atoms with Gasteiger partial charge in [-0.1, -0.05) is 11.6 Å². The highest BCUT2D eigenvalue weighted by Crippen LogP contribution is 2.24. The smallest absolute Gasteiger partial charge is 0.238 e. The highest BCUT2D eigenvalue weighted by Gasteiger charge is 2.10. The van der Waals surface area contributed by atoms with Crippen LogP contribution in [-0.2, 0) is 6.54 Å². The lowest BCUT2D eigenvalue weighted by Crippen LogP contribution is -2.35.